The van der Waals surface area contributed by atoms with Gasteiger partial charge in [0.05, 0.1) is 22.5 Å². The Labute approximate surface area is 173 Å². The van der Waals surface area contributed by atoms with Crippen molar-refractivity contribution in [2.45, 2.75) is 51.5 Å². The summed E-state index contributed by atoms with van der Waals surface area (Å²) >= 11 is 0. The molecule has 0 fully saturated rings. The molecular weight excluding hydrogens is 392 g/mol. The predicted molar refractivity (Wildman–Crippen MR) is 113 cm³/mol. The summed E-state index contributed by atoms with van der Waals surface area (Å²) in [6.45, 7) is 9.39. The van der Waals surface area contributed by atoms with Crippen LogP contribution < -0.4 is 5.32 Å². The molecule has 0 aliphatic heterocycles. The molecule has 1 heterocycles. The third-order valence-electron chi connectivity index (χ3n) is 4.84. The molecule has 0 aliphatic carbocycles. The lowest BCUT2D eigenvalue weighted by atomic mass is 10.2. The van der Waals surface area contributed by atoms with Gasteiger partial charge in [-0.15, -0.1) is 0 Å². The number of nitrogens with one attached hydrogen (secondary N) is 1. The Kier molecular flexibility index (Phi) is 8.18. The van der Waals surface area contributed by atoms with Crippen LogP contribution in [0.4, 0.5) is 0 Å². The third kappa shape index (κ3) is 5.55. The average Bonchev–Trinajstić information content (AvgIpc) is 3.00. The number of hydrogen-bond donors (Lipinski definition) is 1. The largest absolute Gasteiger partial charge is 0.380 e. The Balaban J connectivity index is 2.14. The number of aromatic nitrogens is 2. The topological polar surface area (TPSA) is 93.5 Å². The van der Waals surface area contributed by atoms with Crippen LogP contribution in [0.3, 0.4) is 0 Å². The Morgan fingerprint density at radius 1 is 1.28 bits per heavy atom. The van der Waals surface area contributed by atoms with E-state index >= 15 is 0 Å². The molecule has 2 aromatic rings. The predicted octanol–water partition coefficient (Wildman–Crippen LogP) is 2.08. The van der Waals surface area contributed by atoms with Gasteiger partial charge < -0.3 is 14.6 Å². The van der Waals surface area contributed by atoms with Crippen LogP contribution in [0.5, 0.6) is 0 Å². The van der Waals surface area contributed by atoms with Crippen molar-refractivity contribution in [3.8, 4) is 0 Å². The number of imidazole rings is 1. The fraction of sp³-hybridized carbons (Fsp3) is 0.600. The molecule has 1 amide bonds. The van der Waals surface area contributed by atoms with Gasteiger partial charge in [0.25, 0.3) is 0 Å². The van der Waals surface area contributed by atoms with Crippen molar-refractivity contribution in [3.05, 3.63) is 24.0 Å². The third-order valence-corrected chi connectivity index (χ3v) is 6.89. The van der Waals surface area contributed by atoms with Gasteiger partial charge in [0, 0.05) is 45.6 Å². The van der Waals surface area contributed by atoms with E-state index in [1.165, 1.54) is 4.31 Å². The minimum atomic E-state index is -3.54. The Morgan fingerprint density at radius 3 is 2.59 bits per heavy atom. The second-order valence-electron chi connectivity index (χ2n) is 6.95. The van der Waals surface area contributed by atoms with Gasteiger partial charge in [0.1, 0.15) is 5.82 Å². The molecule has 0 unspecified atom stereocenters. The highest BCUT2D eigenvalue weighted by Gasteiger charge is 2.22. The number of ether oxygens (including phenoxy) is 1. The van der Waals surface area contributed by atoms with Crippen LogP contribution in [0, 0.1) is 0 Å². The summed E-state index contributed by atoms with van der Waals surface area (Å²) < 4.78 is 34.1. The number of carbonyl (C=O) groups excluding carboxylic acids is 1. The van der Waals surface area contributed by atoms with E-state index in [4.69, 9.17) is 4.74 Å². The van der Waals surface area contributed by atoms with Gasteiger partial charge in [0.15, 0.2) is 0 Å². The van der Waals surface area contributed by atoms with Crippen LogP contribution in [0.1, 0.15) is 39.9 Å². The van der Waals surface area contributed by atoms with Gasteiger partial charge in [-0.3, -0.25) is 4.79 Å². The minimum Gasteiger partial charge on any atom is -0.380 e. The van der Waals surface area contributed by atoms with Crippen molar-refractivity contribution in [3.63, 3.8) is 0 Å². The maximum absolute atomic E-state index is 12.8. The number of carbonyl (C=O) groups is 1. The lowest BCUT2D eigenvalue weighted by Gasteiger charge is -2.18. The van der Waals surface area contributed by atoms with Gasteiger partial charge in [-0.05, 0) is 32.0 Å². The minimum absolute atomic E-state index is 0.0456. The molecule has 0 bridgehead atoms. The number of aryl methyl sites for hydroxylation is 2. The first kappa shape index (κ1) is 23.3. The summed E-state index contributed by atoms with van der Waals surface area (Å²) in [6, 6.07) is 4.95. The molecule has 0 saturated carbocycles. The highest BCUT2D eigenvalue weighted by molar-refractivity contribution is 7.89. The smallest absolute Gasteiger partial charge is 0.243 e. The maximum atomic E-state index is 12.8. The molecule has 8 nitrogen and oxygen atoms in total. The van der Waals surface area contributed by atoms with E-state index in [-0.39, 0.29) is 16.8 Å². The summed E-state index contributed by atoms with van der Waals surface area (Å²) in [5.74, 6) is 0.680. The first-order valence-corrected chi connectivity index (χ1v) is 11.5. The highest BCUT2D eigenvalue weighted by atomic mass is 32.2. The van der Waals surface area contributed by atoms with Crippen LogP contribution in [0.2, 0.25) is 0 Å². The first-order valence-electron chi connectivity index (χ1n) is 10.1. The van der Waals surface area contributed by atoms with Crippen molar-refractivity contribution in [2.75, 3.05) is 26.3 Å². The van der Waals surface area contributed by atoms with Gasteiger partial charge >= 0.3 is 0 Å². The first-order chi connectivity index (χ1) is 13.7. The molecule has 0 saturated heterocycles. The fourth-order valence-corrected chi connectivity index (χ4v) is 4.71. The van der Waals surface area contributed by atoms with Crippen molar-refractivity contribution < 1.29 is 17.9 Å². The summed E-state index contributed by atoms with van der Waals surface area (Å²) in [5, 5.41) is 2.91. The number of sulfonamides is 1. The molecule has 0 radical (unpaired) electrons. The van der Waals surface area contributed by atoms with E-state index in [1.54, 1.807) is 18.2 Å². The Bertz CT molecular complexity index is 935. The SMILES string of the molecule is CCOC[C@H](C)NC(=O)CCc1nc2cc(S(=O)(=O)N(CC)CC)ccc2n1C. The van der Waals surface area contributed by atoms with Crippen molar-refractivity contribution in [1.82, 2.24) is 19.2 Å². The monoisotopic (exact) mass is 424 g/mol. The summed E-state index contributed by atoms with van der Waals surface area (Å²) in [5.41, 5.74) is 1.45. The van der Waals surface area contributed by atoms with Gasteiger partial charge in [-0.25, -0.2) is 13.4 Å². The molecular formula is C20H32N4O4S. The van der Waals surface area contributed by atoms with E-state index in [2.05, 4.69) is 10.3 Å². The normalized spacial score (nSPS) is 13.2. The number of hydrogen-bond acceptors (Lipinski definition) is 5. The van der Waals surface area contributed by atoms with Gasteiger partial charge in [-0.2, -0.15) is 4.31 Å². The zero-order valence-electron chi connectivity index (χ0n) is 17.9. The zero-order valence-corrected chi connectivity index (χ0v) is 18.8. The highest BCUT2D eigenvalue weighted by Crippen LogP contribution is 2.22. The molecule has 29 heavy (non-hydrogen) atoms. The van der Waals surface area contributed by atoms with E-state index in [0.29, 0.717) is 44.7 Å². The van der Waals surface area contributed by atoms with Crippen LogP contribution >= 0.6 is 0 Å². The van der Waals surface area contributed by atoms with Crippen molar-refractivity contribution >= 4 is 27.0 Å². The lowest BCUT2D eigenvalue weighted by Crippen LogP contribution is -2.36. The summed E-state index contributed by atoms with van der Waals surface area (Å²) in [6.07, 6.45) is 0.773. The Morgan fingerprint density at radius 2 is 1.97 bits per heavy atom. The number of nitrogens with zero attached hydrogens (tertiary/aromatic N) is 3. The second kappa shape index (κ2) is 10.2. The lowest BCUT2D eigenvalue weighted by molar-refractivity contribution is -0.122. The molecule has 0 aliphatic rings. The Hall–Kier alpha value is -1.97. The summed E-state index contributed by atoms with van der Waals surface area (Å²) in [7, 11) is -1.66. The van der Waals surface area contributed by atoms with E-state index in [0.717, 1.165) is 11.3 Å². The molecule has 9 heteroatoms. The number of rotatable bonds is 11. The zero-order chi connectivity index (χ0) is 21.6. The van der Waals surface area contributed by atoms with Crippen molar-refractivity contribution in [1.29, 1.82) is 0 Å². The number of benzene rings is 1. The van der Waals surface area contributed by atoms with E-state index in [9.17, 15) is 13.2 Å². The fourth-order valence-electron chi connectivity index (χ4n) is 3.23. The van der Waals surface area contributed by atoms with Gasteiger partial charge in [0.2, 0.25) is 15.9 Å². The second-order valence-corrected chi connectivity index (χ2v) is 8.89. The van der Waals surface area contributed by atoms with Gasteiger partial charge in [-0.1, -0.05) is 13.8 Å². The molecule has 2 rings (SSSR count). The molecule has 1 N–H and O–H groups in total. The van der Waals surface area contributed by atoms with E-state index < -0.39 is 10.0 Å². The van der Waals surface area contributed by atoms with Crippen molar-refractivity contribution in [2.24, 2.45) is 7.05 Å². The molecule has 1 aromatic carbocycles. The van der Waals surface area contributed by atoms with E-state index in [1.807, 2.05) is 39.3 Å². The standard InChI is InChI=1S/C20H32N4O4S/c1-6-24(7-2)29(26,27)16-9-10-18-17(13-16)22-19(23(18)5)11-12-20(25)21-15(4)14-28-8-3/h9-10,13,15H,6-8,11-12,14H2,1-5H3,(H,21,25)/t15-/m0/s1. The maximum Gasteiger partial charge on any atom is 0.243 e. The van der Waals surface area contributed by atoms with Crippen LogP contribution in [0.25, 0.3) is 11.0 Å². The average molecular weight is 425 g/mol. The molecule has 1 atom stereocenters. The quantitative estimate of drug-likeness (QED) is 0.596. The molecule has 162 valence electrons. The van der Waals surface area contributed by atoms with Crippen LogP contribution in [-0.4, -0.2) is 60.5 Å². The number of amides is 1. The molecule has 1 aromatic heterocycles. The molecule has 0 spiro atoms. The number of fused-ring (bicyclic) bond motifs is 1. The van der Waals surface area contributed by atoms with Crippen LogP contribution in [0.15, 0.2) is 23.1 Å². The summed E-state index contributed by atoms with van der Waals surface area (Å²) in [4.78, 5) is 17.0. The van der Waals surface area contributed by atoms with Crippen LogP contribution in [-0.2, 0) is 33.0 Å².